The van der Waals surface area contributed by atoms with Crippen molar-refractivity contribution in [2.75, 3.05) is 5.75 Å². The van der Waals surface area contributed by atoms with Crippen LogP contribution in [-0.2, 0) is 6.54 Å². The van der Waals surface area contributed by atoms with Crippen molar-refractivity contribution >= 4 is 34.2 Å². The molecule has 0 spiro atoms. The molecule has 1 aliphatic rings. The number of aromatic nitrogens is 1. The van der Waals surface area contributed by atoms with Crippen LogP contribution in [0.25, 0.3) is 16.9 Å². The van der Waals surface area contributed by atoms with Crippen LogP contribution < -0.4 is 4.80 Å². The van der Waals surface area contributed by atoms with E-state index >= 15 is 0 Å². The molecule has 0 unspecified atom stereocenters. The maximum atomic E-state index is 12.5. The molecule has 1 aromatic heterocycles. The van der Waals surface area contributed by atoms with Crippen LogP contribution in [0.2, 0.25) is 0 Å². The maximum absolute atomic E-state index is 12.5. The number of benzene rings is 3. The van der Waals surface area contributed by atoms with Crippen molar-refractivity contribution in [1.29, 1.82) is 0 Å². The fraction of sp³-hybridized carbons (Fsp3) is 0.115. The molecule has 7 heteroatoms. The number of carbonyl (C=O) groups is 1. The maximum Gasteiger partial charge on any atom is 0.287 e. The monoisotopic (exact) mass is 470 g/mol. The molecule has 0 bridgehead atoms. The highest BCUT2D eigenvalue weighted by atomic mass is 32.2. The average molecular weight is 471 g/mol. The van der Waals surface area contributed by atoms with Crippen molar-refractivity contribution in [2.45, 2.75) is 13.5 Å². The number of carbonyl (C=O) groups excluding carboxylic acids is 1. The summed E-state index contributed by atoms with van der Waals surface area (Å²) in [7, 11) is 0. The Morgan fingerprint density at radius 1 is 0.879 bits per heavy atom. The molecule has 1 saturated heterocycles. The second-order valence-corrected chi connectivity index (χ2v) is 9.40. The lowest BCUT2D eigenvalue weighted by molar-refractivity contribution is 0.244. The topological polar surface area (TPSA) is 50.0 Å². The Morgan fingerprint density at radius 3 is 2.33 bits per heavy atom. The van der Waals surface area contributed by atoms with Crippen LogP contribution in [0.1, 0.15) is 11.1 Å². The van der Waals surface area contributed by atoms with Gasteiger partial charge in [0, 0.05) is 5.38 Å². The van der Waals surface area contributed by atoms with E-state index in [9.17, 15) is 4.79 Å². The normalized spacial score (nSPS) is 15.5. The molecule has 33 heavy (non-hydrogen) atoms. The van der Waals surface area contributed by atoms with E-state index in [1.165, 1.54) is 11.8 Å². The van der Waals surface area contributed by atoms with E-state index in [-0.39, 0.29) is 5.24 Å². The van der Waals surface area contributed by atoms with Gasteiger partial charge in [0.05, 0.1) is 23.7 Å². The highest BCUT2D eigenvalue weighted by Crippen LogP contribution is 2.25. The lowest BCUT2D eigenvalue weighted by Gasteiger charge is -2.15. The smallest absolute Gasteiger partial charge is 0.284 e. The molecule has 0 saturated carbocycles. The second-order valence-electron chi connectivity index (χ2n) is 7.63. The number of hydrogen-bond acceptors (Lipinski definition) is 5. The van der Waals surface area contributed by atoms with Crippen LogP contribution in [0.5, 0.6) is 0 Å². The van der Waals surface area contributed by atoms with Gasteiger partial charge in [0.15, 0.2) is 0 Å². The number of thioether (sulfide) groups is 1. The lowest BCUT2D eigenvalue weighted by Crippen LogP contribution is -2.28. The molecule has 4 aromatic rings. The zero-order valence-electron chi connectivity index (χ0n) is 18.1. The largest absolute Gasteiger partial charge is 0.287 e. The zero-order chi connectivity index (χ0) is 22.6. The molecule has 5 rings (SSSR count). The predicted molar refractivity (Wildman–Crippen MR) is 137 cm³/mol. The number of amides is 1. The van der Waals surface area contributed by atoms with E-state index in [2.05, 4.69) is 51.3 Å². The fourth-order valence-corrected chi connectivity index (χ4v) is 5.37. The summed E-state index contributed by atoms with van der Waals surface area (Å²) in [5, 5.41) is 11.3. The van der Waals surface area contributed by atoms with E-state index in [4.69, 9.17) is 0 Å². The van der Waals surface area contributed by atoms with Gasteiger partial charge in [-0.25, -0.2) is 0 Å². The molecule has 1 amide bonds. The van der Waals surface area contributed by atoms with Crippen molar-refractivity contribution in [3.63, 3.8) is 0 Å². The molecule has 0 radical (unpaired) electrons. The van der Waals surface area contributed by atoms with Crippen molar-refractivity contribution in [2.24, 2.45) is 10.2 Å². The third kappa shape index (κ3) is 4.55. The summed E-state index contributed by atoms with van der Waals surface area (Å²) >= 11 is 2.81. The van der Waals surface area contributed by atoms with Crippen LogP contribution >= 0.6 is 23.1 Å². The van der Waals surface area contributed by atoms with Gasteiger partial charge in [-0.1, -0.05) is 90.6 Å². The summed E-state index contributed by atoms with van der Waals surface area (Å²) in [6.07, 6.45) is 0. The van der Waals surface area contributed by atoms with E-state index in [0.717, 1.165) is 32.9 Å². The highest BCUT2D eigenvalue weighted by molar-refractivity contribution is 8.14. The highest BCUT2D eigenvalue weighted by Gasteiger charge is 2.28. The summed E-state index contributed by atoms with van der Waals surface area (Å²) in [5.74, 6) is 1.20. The predicted octanol–water partition coefficient (Wildman–Crippen LogP) is 6.10. The van der Waals surface area contributed by atoms with Crippen molar-refractivity contribution in [3.05, 3.63) is 106 Å². The summed E-state index contributed by atoms with van der Waals surface area (Å²) in [6, 6.07) is 28.5. The van der Waals surface area contributed by atoms with E-state index in [0.29, 0.717) is 18.1 Å². The third-order valence-electron chi connectivity index (χ3n) is 5.43. The summed E-state index contributed by atoms with van der Waals surface area (Å²) < 4.78 is 2.14. The first-order chi connectivity index (χ1) is 16.2. The van der Waals surface area contributed by atoms with Gasteiger partial charge >= 0.3 is 0 Å². The van der Waals surface area contributed by atoms with Crippen LogP contribution in [0, 0.1) is 6.92 Å². The number of nitrogens with zero attached hydrogens (tertiary/aromatic N) is 4. The van der Waals surface area contributed by atoms with Gasteiger partial charge in [-0.15, -0.1) is 21.5 Å². The zero-order valence-corrected chi connectivity index (χ0v) is 19.7. The van der Waals surface area contributed by atoms with Crippen LogP contribution in [-0.4, -0.2) is 26.3 Å². The first-order valence-electron chi connectivity index (χ1n) is 10.6. The SMILES string of the molecule is Cc1ccccc1-n1c(-c2ccccc2)csc1=NN=C1CSC(=O)N1Cc1ccccc1. The molecular weight excluding hydrogens is 448 g/mol. The minimum Gasteiger partial charge on any atom is -0.284 e. The summed E-state index contributed by atoms with van der Waals surface area (Å²) in [5.41, 5.74) is 5.46. The molecule has 2 heterocycles. The van der Waals surface area contributed by atoms with E-state index < -0.39 is 0 Å². The Bertz CT molecular complexity index is 1370. The molecular formula is C26H22N4OS2. The number of amidine groups is 1. The van der Waals surface area contributed by atoms with Crippen molar-refractivity contribution in [3.8, 4) is 16.9 Å². The van der Waals surface area contributed by atoms with Crippen molar-refractivity contribution in [1.82, 2.24) is 9.47 Å². The van der Waals surface area contributed by atoms with Gasteiger partial charge in [-0.2, -0.15) is 0 Å². The summed E-state index contributed by atoms with van der Waals surface area (Å²) in [4.78, 5) is 15.0. The van der Waals surface area contributed by atoms with Crippen LogP contribution in [0.3, 0.4) is 0 Å². The molecule has 0 aliphatic carbocycles. The Labute approximate surface area is 200 Å². The van der Waals surface area contributed by atoms with Crippen LogP contribution in [0.4, 0.5) is 4.79 Å². The van der Waals surface area contributed by atoms with Gasteiger partial charge in [-0.3, -0.25) is 14.3 Å². The molecule has 1 fully saturated rings. The van der Waals surface area contributed by atoms with Gasteiger partial charge in [0.1, 0.15) is 5.84 Å². The molecule has 0 N–H and O–H groups in total. The van der Waals surface area contributed by atoms with E-state index in [1.54, 1.807) is 16.2 Å². The number of para-hydroxylation sites is 1. The fourth-order valence-electron chi connectivity index (χ4n) is 3.73. The number of aryl methyl sites for hydroxylation is 1. The van der Waals surface area contributed by atoms with Gasteiger partial charge in [-0.05, 0) is 29.7 Å². The number of thiazole rings is 1. The standard InChI is InChI=1S/C26H22N4OS2/c1-19-10-8-9-15-22(19)30-23(21-13-6-3-7-14-21)17-32-25(30)28-27-24-18-33-26(31)29(24)16-20-11-4-2-5-12-20/h2-15,17H,16,18H2,1H3. The number of hydrogen-bond donors (Lipinski definition) is 0. The molecule has 0 atom stereocenters. The van der Waals surface area contributed by atoms with Gasteiger partial charge < -0.3 is 0 Å². The van der Waals surface area contributed by atoms with Gasteiger partial charge in [0.25, 0.3) is 5.24 Å². The minimum atomic E-state index is 0.00994. The Morgan fingerprint density at radius 2 is 1.58 bits per heavy atom. The number of rotatable bonds is 5. The Kier molecular flexibility index (Phi) is 6.24. The molecule has 164 valence electrons. The van der Waals surface area contributed by atoms with E-state index in [1.807, 2.05) is 60.7 Å². The Hall–Kier alpha value is -3.42. The Balaban J connectivity index is 1.58. The molecule has 3 aromatic carbocycles. The minimum absolute atomic E-state index is 0.00994. The average Bonchev–Trinajstić information content (AvgIpc) is 3.43. The first-order valence-corrected chi connectivity index (χ1v) is 12.5. The van der Waals surface area contributed by atoms with Gasteiger partial charge in [0.2, 0.25) is 4.80 Å². The summed E-state index contributed by atoms with van der Waals surface area (Å²) in [6.45, 7) is 2.59. The molecule has 1 aliphatic heterocycles. The second kappa shape index (κ2) is 9.60. The van der Waals surface area contributed by atoms with Crippen LogP contribution in [0.15, 0.2) is 101 Å². The third-order valence-corrected chi connectivity index (χ3v) is 7.11. The first kappa shape index (κ1) is 21.4. The van der Waals surface area contributed by atoms with Crippen molar-refractivity contribution < 1.29 is 4.79 Å². The lowest BCUT2D eigenvalue weighted by atomic mass is 10.1. The molecule has 5 nitrogen and oxygen atoms in total. The quantitative estimate of drug-likeness (QED) is 0.331.